The molecule has 2 aliphatic rings. The second-order valence-corrected chi connectivity index (χ2v) is 9.94. The molecule has 0 bridgehead atoms. The lowest BCUT2D eigenvalue weighted by atomic mass is 10.1. The molecule has 148 valence electrons. The van der Waals surface area contributed by atoms with Crippen LogP contribution in [-0.2, 0) is 10.0 Å². The van der Waals surface area contributed by atoms with E-state index in [0.29, 0.717) is 36.1 Å². The Bertz CT molecular complexity index is 1170. The monoisotopic (exact) mass is 425 g/mol. The predicted molar refractivity (Wildman–Crippen MR) is 114 cm³/mol. The third-order valence-electron chi connectivity index (χ3n) is 5.07. The first kappa shape index (κ1) is 18.4. The Morgan fingerprint density at radius 1 is 0.862 bits per heavy atom. The number of piperazine rings is 1. The van der Waals surface area contributed by atoms with Crippen LogP contribution in [0.4, 0.5) is 5.69 Å². The molecule has 0 aliphatic carbocycles. The number of ether oxygens (including phenoxy) is 1. The number of aliphatic imine (C=N–C) groups is 1. The van der Waals surface area contributed by atoms with E-state index in [2.05, 4.69) is 4.90 Å². The second kappa shape index (κ2) is 7.29. The number of benzene rings is 2. The number of hydrogen-bond donors (Lipinski definition) is 0. The predicted octanol–water partition coefficient (Wildman–Crippen LogP) is 3.94. The summed E-state index contributed by atoms with van der Waals surface area (Å²) in [6.45, 7) is 1.98. The summed E-state index contributed by atoms with van der Waals surface area (Å²) in [6, 6.07) is 19.0. The molecule has 3 heterocycles. The molecule has 1 aromatic heterocycles. The van der Waals surface area contributed by atoms with E-state index in [4.69, 9.17) is 9.73 Å². The van der Waals surface area contributed by atoms with Gasteiger partial charge in [-0.2, -0.15) is 4.31 Å². The number of nitrogens with zero attached hydrogens (tertiary/aromatic N) is 3. The average Bonchev–Trinajstić information content (AvgIpc) is 3.24. The van der Waals surface area contributed by atoms with Crippen molar-refractivity contribution in [2.45, 2.75) is 4.21 Å². The number of sulfonamides is 1. The maximum atomic E-state index is 12.8. The van der Waals surface area contributed by atoms with Crippen LogP contribution in [0, 0.1) is 0 Å². The number of rotatable bonds is 2. The molecule has 0 N–H and O–H groups in total. The first-order chi connectivity index (χ1) is 14.1. The van der Waals surface area contributed by atoms with Crippen molar-refractivity contribution in [3.8, 4) is 11.5 Å². The number of thiophene rings is 1. The summed E-state index contributed by atoms with van der Waals surface area (Å²) < 4.78 is 33.7. The fourth-order valence-corrected chi connectivity index (χ4v) is 6.15. The van der Waals surface area contributed by atoms with E-state index in [1.807, 2.05) is 48.5 Å². The largest absolute Gasteiger partial charge is 0.454 e. The van der Waals surface area contributed by atoms with Gasteiger partial charge in [0.25, 0.3) is 10.0 Å². The van der Waals surface area contributed by atoms with E-state index in [-0.39, 0.29) is 0 Å². The van der Waals surface area contributed by atoms with Gasteiger partial charge in [0.1, 0.15) is 21.5 Å². The molecule has 8 heteroatoms. The maximum absolute atomic E-state index is 12.8. The lowest BCUT2D eigenvalue weighted by molar-refractivity contribution is 0.266. The zero-order chi connectivity index (χ0) is 19.8. The highest BCUT2D eigenvalue weighted by Crippen LogP contribution is 2.38. The minimum absolute atomic E-state index is 0.394. The summed E-state index contributed by atoms with van der Waals surface area (Å²) in [5, 5.41) is 1.79. The van der Waals surface area contributed by atoms with Crippen LogP contribution in [0.15, 0.2) is 75.2 Å². The van der Waals surface area contributed by atoms with Crippen LogP contribution in [0.1, 0.15) is 5.56 Å². The van der Waals surface area contributed by atoms with Crippen molar-refractivity contribution in [1.82, 2.24) is 9.21 Å². The highest BCUT2D eigenvalue weighted by Gasteiger charge is 2.31. The van der Waals surface area contributed by atoms with Gasteiger partial charge < -0.3 is 9.64 Å². The van der Waals surface area contributed by atoms with Gasteiger partial charge >= 0.3 is 0 Å². The van der Waals surface area contributed by atoms with Gasteiger partial charge in [-0.05, 0) is 35.7 Å². The first-order valence-corrected chi connectivity index (χ1v) is 11.7. The van der Waals surface area contributed by atoms with Crippen molar-refractivity contribution < 1.29 is 13.2 Å². The summed E-state index contributed by atoms with van der Waals surface area (Å²) in [5.41, 5.74) is 1.69. The van der Waals surface area contributed by atoms with E-state index in [0.717, 1.165) is 22.8 Å². The molecule has 0 radical (unpaired) electrons. The van der Waals surface area contributed by atoms with Crippen molar-refractivity contribution in [2.24, 2.45) is 4.99 Å². The average molecular weight is 426 g/mol. The van der Waals surface area contributed by atoms with Crippen molar-refractivity contribution in [3.63, 3.8) is 0 Å². The van der Waals surface area contributed by atoms with Gasteiger partial charge in [-0.1, -0.05) is 30.3 Å². The Balaban J connectivity index is 1.45. The molecule has 0 unspecified atom stereocenters. The molecule has 3 aromatic rings. The third-order valence-corrected chi connectivity index (χ3v) is 8.34. The van der Waals surface area contributed by atoms with Crippen LogP contribution in [0.2, 0.25) is 0 Å². The van der Waals surface area contributed by atoms with Gasteiger partial charge in [-0.25, -0.2) is 13.4 Å². The minimum atomic E-state index is -3.43. The zero-order valence-corrected chi connectivity index (χ0v) is 17.2. The Hall–Kier alpha value is -2.68. The smallest absolute Gasteiger partial charge is 0.252 e. The fraction of sp³-hybridized carbons (Fsp3) is 0.190. The number of para-hydroxylation sites is 3. The van der Waals surface area contributed by atoms with Gasteiger partial charge in [0.05, 0.1) is 5.56 Å². The minimum Gasteiger partial charge on any atom is -0.454 e. The van der Waals surface area contributed by atoms with Gasteiger partial charge in [0.2, 0.25) is 0 Å². The van der Waals surface area contributed by atoms with E-state index in [1.54, 1.807) is 21.8 Å². The Kier molecular flexibility index (Phi) is 4.61. The molecule has 1 fully saturated rings. The number of fused-ring (bicyclic) bond motifs is 2. The highest BCUT2D eigenvalue weighted by atomic mass is 32.2. The Labute approximate surface area is 173 Å². The Morgan fingerprint density at radius 2 is 1.59 bits per heavy atom. The molecular weight excluding hydrogens is 406 g/mol. The normalized spacial score (nSPS) is 17.0. The van der Waals surface area contributed by atoms with E-state index in [1.165, 1.54) is 11.3 Å². The van der Waals surface area contributed by atoms with Crippen molar-refractivity contribution in [3.05, 3.63) is 71.6 Å². The standard InChI is InChI=1S/C21H19N3O3S2/c25-29(26,20-10-5-15-28-20)24-13-11-23(12-14-24)21-16-6-1-3-8-18(16)27-19-9-4-2-7-17(19)22-21/h1-10,15H,11-14H2. The van der Waals surface area contributed by atoms with Gasteiger partial charge in [-0.3, -0.25) is 0 Å². The zero-order valence-electron chi connectivity index (χ0n) is 15.6. The SMILES string of the molecule is O=S(=O)(c1cccs1)N1CCN(C2=Nc3ccccc3Oc3ccccc32)CC1. The molecule has 0 spiro atoms. The molecule has 29 heavy (non-hydrogen) atoms. The molecule has 2 aliphatic heterocycles. The lowest BCUT2D eigenvalue weighted by Gasteiger charge is -2.35. The maximum Gasteiger partial charge on any atom is 0.252 e. The summed E-state index contributed by atoms with van der Waals surface area (Å²) in [7, 11) is -3.43. The van der Waals surface area contributed by atoms with Crippen molar-refractivity contribution in [2.75, 3.05) is 26.2 Å². The summed E-state index contributed by atoms with van der Waals surface area (Å²) >= 11 is 1.25. The molecule has 0 amide bonds. The third kappa shape index (κ3) is 3.33. The quantitative estimate of drug-likeness (QED) is 0.624. The van der Waals surface area contributed by atoms with Crippen LogP contribution in [0.3, 0.4) is 0 Å². The van der Waals surface area contributed by atoms with Gasteiger partial charge in [0.15, 0.2) is 5.75 Å². The summed E-state index contributed by atoms with van der Waals surface area (Å²) in [4.78, 5) is 7.04. The Morgan fingerprint density at radius 3 is 2.34 bits per heavy atom. The summed E-state index contributed by atoms with van der Waals surface area (Å²) in [5.74, 6) is 2.29. The van der Waals surface area contributed by atoms with Crippen molar-refractivity contribution >= 4 is 32.9 Å². The van der Waals surface area contributed by atoms with Crippen LogP contribution in [0.5, 0.6) is 11.5 Å². The molecule has 0 atom stereocenters. The van der Waals surface area contributed by atoms with Gasteiger partial charge in [-0.15, -0.1) is 11.3 Å². The molecule has 6 nitrogen and oxygen atoms in total. The molecule has 2 aromatic carbocycles. The van der Waals surface area contributed by atoms with Crippen LogP contribution < -0.4 is 4.74 Å². The van der Waals surface area contributed by atoms with Crippen LogP contribution >= 0.6 is 11.3 Å². The molecule has 1 saturated heterocycles. The van der Waals surface area contributed by atoms with E-state index >= 15 is 0 Å². The van der Waals surface area contributed by atoms with Crippen molar-refractivity contribution in [1.29, 1.82) is 0 Å². The van der Waals surface area contributed by atoms with Gasteiger partial charge in [0, 0.05) is 26.2 Å². The van der Waals surface area contributed by atoms with Crippen LogP contribution in [0.25, 0.3) is 0 Å². The topological polar surface area (TPSA) is 62.2 Å². The molecule has 0 saturated carbocycles. The number of amidine groups is 1. The van der Waals surface area contributed by atoms with Crippen LogP contribution in [-0.4, -0.2) is 49.6 Å². The molecule has 5 rings (SSSR count). The fourth-order valence-electron chi connectivity index (χ4n) is 3.59. The van der Waals surface area contributed by atoms with E-state index < -0.39 is 10.0 Å². The number of hydrogen-bond acceptors (Lipinski definition) is 6. The molecular formula is C21H19N3O3S2. The summed E-state index contributed by atoms with van der Waals surface area (Å²) in [6.07, 6.45) is 0. The second-order valence-electron chi connectivity index (χ2n) is 6.82. The lowest BCUT2D eigenvalue weighted by Crippen LogP contribution is -2.50. The first-order valence-electron chi connectivity index (χ1n) is 9.36. The van der Waals surface area contributed by atoms with E-state index in [9.17, 15) is 8.42 Å². The highest BCUT2D eigenvalue weighted by molar-refractivity contribution is 7.91.